The summed E-state index contributed by atoms with van der Waals surface area (Å²) in [6, 6.07) is 0.861. The average Bonchev–Trinajstić information content (AvgIpc) is 2.19. The van der Waals surface area contributed by atoms with Crippen molar-refractivity contribution in [3.63, 3.8) is 0 Å². The van der Waals surface area contributed by atoms with E-state index in [-0.39, 0.29) is 1.43 Å². The van der Waals surface area contributed by atoms with E-state index in [0.29, 0.717) is 0 Å². The first-order chi connectivity index (χ1) is 3.93. The third-order valence-electron chi connectivity index (χ3n) is 1.80. The van der Waals surface area contributed by atoms with Crippen LogP contribution in [0.1, 0.15) is 34.0 Å². The highest BCUT2D eigenvalue weighted by Gasteiger charge is 2.11. The van der Waals surface area contributed by atoms with Crippen molar-refractivity contribution >= 4 is 0 Å². The lowest BCUT2D eigenvalue weighted by atomic mass is 10.1. The highest BCUT2D eigenvalue weighted by Crippen LogP contribution is 2.09. The maximum Gasteiger partial charge on any atom is 0.00674 e. The summed E-state index contributed by atoms with van der Waals surface area (Å²) in [7, 11) is 0. The summed E-state index contributed by atoms with van der Waals surface area (Å²) in [6.07, 6.45) is 5.51. The van der Waals surface area contributed by atoms with Crippen LogP contribution in [-0.2, 0) is 0 Å². The van der Waals surface area contributed by atoms with Gasteiger partial charge in [0.15, 0.2) is 0 Å². The Morgan fingerprint density at radius 2 is 2.62 bits per heavy atom. The molecule has 1 heterocycles. The van der Waals surface area contributed by atoms with Crippen LogP contribution in [0.2, 0.25) is 0 Å². The second kappa shape index (κ2) is 3.08. The Bertz CT molecular complexity index is 59.9. The van der Waals surface area contributed by atoms with E-state index in [1.807, 2.05) is 0 Å². The van der Waals surface area contributed by atoms with Crippen LogP contribution in [-0.4, -0.2) is 12.6 Å². The number of nitrogens with one attached hydrogen (secondary N) is 1. The van der Waals surface area contributed by atoms with Gasteiger partial charge in [-0.2, -0.15) is 0 Å². The van der Waals surface area contributed by atoms with Gasteiger partial charge in [0.25, 0.3) is 0 Å². The molecule has 1 rings (SSSR count). The summed E-state index contributed by atoms with van der Waals surface area (Å²) in [4.78, 5) is 0. The summed E-state index contributed by atoms with van der Waals surface area (Å²) in [5, 5.41) is 3.46. The van der Waals surface area contributed by atoms with Crippen LogP contribution in [0.3, 0.4) is 0 Å². The maximum atomic E-state index is 3.46. The highest BCUT2D eigenvalue weighted by molar-refractivity contribution is 4.72. The van der Waals surface area contributed by atoms with Crippen LogP contribution in [0.15, 0.2) is 0 Å². The highest BCUT2D eigenvalue weighted by atomic mass is 14.9. The predicted molar refractivity (Wildman–Crippen MR) is 38.0 cm³/mol. The van der Waals surface area contributed by atoms with Gasteiger partial charge in [0, 0.05) is 7.47 Å². The first-order valence-electron chi connectivity index (χ1n) is 3.67. The number of hydrogen-bond acceptors (Lipinski definition) is 1. The molecule has 1 saturated heterocycles. The fourth-order valence-electron chi connectivity index (χ4n) is 1.35. The molecular formula is C7H17N. The standard InChI is InChI=1S/C7H15N.H2/c1-2-4-7-5-3-6-8-7;/h7-8H,2-6H2,1H3;1H. The van der Waals surface area contributed by atoms with Gasteiger partial charge in [-0.25, -0.2) is 0 Å². The third-order valence-corrected chi connectivity index (χ3v) is 1.80. The predicted octanol–water partition coefficient (Wildman–Crippen LogP) is 1.78. The maximum absolute atomic E-state index is 3.46. The Kier molecular flexibility index (Phi) is 2.34. The quantitative estimate of drug-likeness (QED) is 0.578. The average molecular weight is 115 g/mol. The first-order valence-corrected chi connectivity index (χ1v) is 3.67. The van der Waals surface area contributed by atoms with Crippen LogP contribution in [0, 0.1) is 0 Å². The number of hydrogen-bond donors (Lipinski definition) is 1. The van der Waals surface area contributed by atoms with E-state index in [1.54, 1.807) is 0 Å². The van der Waals surface area contributed by atoms with Crippen LogP contribution in [0.25, 0.3) is 0 Å². The zero-order chi connectivity index (χ0) is 5.82. The SMILES string of the molecule is CCCC1CCCN1.[HH]. The molecule has 0 aromatic carbocycles. The summed E-state index contributed by atoms with van der Waals surface area (Å²) < 4.78 is 0. The van der Waals surface area contributed by atoms with Gasteiger partial charge in [-0.15, -0.1) is 0 Å². The molecule has 1 aliphatic heterocycles. The molecule has 0 aromatic heterocycles. The Labute approximate surface area is 53.0 Å². The van der Waals surface area contributed by atoms with Gasteiger partial charge in [0.05, 0.1) is 0 Å². The van der Waals surface area contributed by atoms with E-state index in [0.717, 1.165) is 6.04 Å². The van der Waals surface area contributed by atoms with Crippen molar-refractivity contribution < 1.29 is 1.43 Å². The molecule has 0 aliphatic carbocycles. The smallest absolute Gasteiger partial charge is 0.00674 e. The second-order valence-electron chi connectivity index (χ2n) is 2.58. The van der Waals surface area contributed by atoms with Gasteiger partial charge in [0.2, 0.25) is 0 Å². The van der Waals surface area contributed by atoms with E-state index in [9.17, 15) is 0 Å². The van der Waals surface area contributed by atoms with E-state index in [4.69, 9.17) is 0 Å². The van der Waals surface area contributed by atoms with Crippen molar-refractivity contribution in [3.8, 4) is 0 Å². The normalized spacial score (nSPS) is 28.9. The third kappa shape index (κ3) is 1.48. The van der Waals surface area contributed by atoms with Crippen LogP contribution in [0.4, 0.5) is 0 Å². The van der Waals surface area contributed by atoms with Crippen molar-refractivity contribution in [1.29, 1.82) is 0 Å². The van der Waals surface area contributed by atoms with Crippen LogP contribution >= 0.6 is 0 Å². The Morgan fingerprint density at radius 3 is 3.12 bits per heavy atom. The minimum absolute atomic E-state index is 0. The molecule has 1 atom stereocenters. The lowest BCUT2D eigenvalue weighted by Crippen LogP contribution is -2.20. The lowest BCUT2D eigenvalue weighted by molar-refractivity contribution is 0.551. The molecular weight excluding hydrogens is 98.1 g/mol. The monoisotopic (exact) mass is 115 g/mol. The van der Waals surface area contributed by atoms with Crippen LogP contribution in [0.5, 0.6) is 0 Å². The molecule has 1 heteroatoms. The molecule has 0 saturated carbocycles. The van der Waals surface area contributed by atoms with Crippen molar-refractivity contribution in [2.24, 2.45) is 0 Å². The molecule has 1 N–H and O–H groups in total. The van der Waals surface area contributed by atoms with Gasteiger partial charge in [0.1, 0.15) is 0 Å². The summed E-state index contributed by atoms with van der Waals surface area (Å²) in [5.74, 6) is 0. The minimum atomic E-state index is 0. The largest absolute Gasteiger partial charge is 0.314 e. The first kappa shape index (κ1) is 6.09. The van der Waals surface area contributed by atoms with Gasteiger partial charge in [-0.05, 0) is 25.8 Å². The summed E-state index contributed by atoms with van der Waals surface area (Å²) in [5.41, 5.74) is 0. The van der Waals surface area contributed by atoms with Crippen molar-refractivity contribution in [2.45, 2.75) is 38.6 Å². The van der Waals surface area contributed by atoms with E-state index >= 15 is 0 Å². The van der Waals surface area contributed by atoms with Gasteiger partial charge in [-0.1, -0.05) is 13.3 Å². The van der Waals surface area contributed by atoms with E-state index < -0.39 is 0 Å². The number of rotatable bonds is 2. The fourth-order valence-corrected chi connectivity index (χ4v) is 1.35. The second-order valence-corrected chi connectivity index (χ2v) is 2.58. The molecule has 8 heavy (non-hydrogen) atoms. The van der Waals surface area contributed by atoms with Crippen molar-refractivity contribution in [1.82, 2.24) is 5.32 Å². The zero-order valence-corrected chi connectivity index (χ0v) is 5.61. The minimum Gasteiger partial charge on any atom is -0.314 e. The Morgan fingerprint density at radius 1 is 1.75 bits per heavy atom. The molecule has 1 fully saturated rings. The molecule has 0 spiro atoms. The lowest BCUT2D eigenvalue weighted by Gasteiger charge is -2.05. The van der Waals surface area contributed by atoms with Crippen molar-refractivity contribution in [3.05, 3.63) is 0 Å². The summed E-state index contributed by atoms with van der Waals surface area (Å²) >= 11 is 0. The molecule has 0 amide bonds. The molecule has 1 nitrogen and oxygen atoms in total. The van der Waals surface area contributed by atoms with E-state index in [2.05, 4.69) is 12.2 Å². The fraction of sp³-hybridized carbons (Fsp3) is 1.00. The molecule has 1 aliphatic rings. The van der Waals surface area contributed by atoms with Crippen LogP contribution < -0.4 is 5.32 Å². The topological polar surface area (TPSA) is 12.0 Å². The van der Waals surface area contributed by atoms with Gasteiger partial charge in [-0.3, -0.25) is 0 Å². The Hall–Kier alpha value is -0.0400. The summed E-state index contributed by atoms with van der Waals surface area (Å²) in [6.45, 7) is 3.50. The molecule has 0 aromatic rings. The molecule has 1 unspecified atom stereocenters. The molecule has 50 valence electrons. The Balaban J connectivity index is 0.000000640. The molecule has 0 bridgehead atoms. The van der Waals surface area contributed by atoms with Gasteiger partial charge >= 0.3 is 0 Å². The van der Waals surface area contributed by atoms with E-state index in [1.165, 1.54) is 32.2 Å². The van der Waals surface area contributed by atoms with Gasteiger partial charge < -0.3 is 5.32 Å². The molecule has 0 radical (unpaired) electrons. The van der Waals surface area contributed by atoms with Crippen molar-refractivity contribution in [2.75, 3.05) is 6.54 Å². The zero-order valence-electron chi connectivity index (χ0n) is 5.61.